The maximum Gasteiger partial charge on any atom is 0.131 e. The average Bonchev–Trinajstić information content (AvgIpc) is 2.40. The van der Waals surface area contributed by atoms with Gasteiger partial charge in [0.2, 0.25) is 0 Å². The molecule has 106 valence electrons. The number of ether oxygens (including phenoxy) is 1. The van der Waals surface area contributed by atoms with Crippen molar-refractivity contribution in [2.75, 3.05) is 30.3 Å². The van der Waals surface area contributed by atoms with E-state index >= 15 is 0 Å². The largest absolute Gasteiger partial charge is 0.378 e. The van der Waals surface area contributed by atoms with Crippen LogP contribution in [0.25, 0.3) is 0 Å². The van der Waals surface area contributed by atoms with Gasteiger partial charge < -0.3 is 15.4 Å². The third-order valence-electron chi connectivity index (χ3n) is 3.24. The van der Waals surface area contributed by atoms with E-state index in [9.17, 15) is 0 Å². The topological polar surface area (TPSA) is 59.1 Å². The predicted molar refractivity (Wildman–Crippen MR) is 77.6 cm³/mol. The first-order chi connectivity index (χ1) is 9.28. The Kier molecular flexibility index (Phi) is 5.39. The van der Waals surface area contributed by atoms with Crippen LogP contribution in [0.4, 0.5) is 11.6 Å². The molecule has 2 heterocycles. The lowest BCUT2D eigenvalue weighted by molar-refractivity contribution is 0.0134. The Labute approximate surface area is 115 Å². The van der Waals surface area contributed by atoms with Gasteiger partial charge in [-0.15, -0.1) is 0 Å². The summed E-state index contributed by atoms with van der Waals surface area (Å²) < 4.78 is 5.72. The van der Waals surface area contributed by atoms with E-state index in [2.05, 4.69) is 27.5 Å². The molecule has 1 aliphatic rings. The van der Waals surface area contributed by atoms with Crippen LogP contribution in [0.3, 0.4) is 0 Å². The van der Waals surface area contributed by atoms with Crippen LogP contribution in [0, 0.1) is 6.92 Å². The van der Waals surface area contributed by atoms with Gasteiger partial charge in [0.1, 0.15) is 17.5 Å². The quantitative estimate of drug-likeness (QED) is 0.827. The van der Waals surface area contributed by atoms with E-state index in [4.69, 9.17) is 4.74 Å². The van der Waals surface area contributed by atoms with Crippen molar-refractivity contribution < 1.29 is 4.74 Å². The third-order valence-corrected chi connectivity index (χ3v) is 3.24. The summed E-state index contributed by atoms with van der Waals surface area (Å²) in [6, 6.07) is 1.96. The predicted octanol–water partition coefficient (Wildman–Crippen LogP) is 2.59. The van der Waals surface area contributed by atoms with Crippen molar-refractivity contribution in [2.45, 2.75) is 45.6 Å². The van der Waals surface area contributed by atoms with Crippen molar-refractivity contribution in [3.8, 4) is 0 Å². The molecule has 5 nitrogen and oxygen atoms in total. The van der Waals surface area contributed by atoms with E-state index in [-0.39, 0.29) is 0 Å². The monoisotopic (exact) mass is 264 g/mol. The highest BCUT2D eigenvalue weighted by molar-refractivity contribution is 5.47. The van der Waals surface area contributed by atoms with Crippen LogP contribution in [0.1, 0.15) is 38.4 Å². The maximum atomic E-state index is 5.72. The summed E-state index contributed by atoms with van der Waals surface area (Å²) in [6.07, 6.45) is 5.15. The zero-order valence-corrected chi connectivity index (χ0v) is 11.9. The normalized spacial score (nSPS) is 19.2. The van der Waals surface area contributed by atoms with Gasteiger partial charge in [-0.05, 0) is 39.5 Å². The van der Waals surface area contributed by atoms with Gasteiger partial charge in [-0.2, -0.15) is 0 Å². The second-order valence-corrected chi connectivity index (χ2v) is 4.92. The minimum Gasteiger partial charge on any atom is -0.378 e. The summed E-state index contributed by atoms with van der Waals surface area (Å²) >= 11 is 0. The van der Waals surface area contributed by atoms with Gasteiger partial charge in [-0.25, -0.2) is 9.97 Å². The lowest BCUT2D eigenvalue weighted by Gasteiger charge is -2.22. The van der Waals surface area contributed by atoms with Crippen LogP contribution < -0.4 is 10.6 Å². The molecule has 0 radical (unpaired) electrons. The molecule has 1 aromatic rings. The number of nitrogens with one attached hydrogen (secondary N) is 2. The number of nitrogens with zero attached hydrogens (tertiary/aromatic N) is 2. The van der Waals surface area contributed by atoms with Crippen LogP contribution in [-0.4, -0.2) is 35.8 Å². The summed E-state index contributed by atoms with van der Waals surface area (Å²) in [5.74, 6) is 2.56. The van der Waals surface area contributed by atoms with Crippen LogP contribution in [0.5, 0.6) is 0 Å². The molecule has 1 aromatic heterocycles. The highest BCUT2D eigenvalue weighted by Gasteiger charge is 2.13. The van der Waals surface area contributed by atoms with Gasteiger partial charge >= 0.3 is 0 Å². The van der Waals surface area contributed by atoms with Gasteiger partial charge in [-0.3, -0.25) is 0 Å². The Balaban J connectivity index is 1.81. The number of hydrogen-bond acceptors (Lipinski definition) is 5. The van der Waals surface area contributed by atoms with Gasteiger partial charge in [0.05, 0.1) is 6.10 Å². The molecule has 2 rings (SSSR count). The van der Waals surface area contributed by atoms with Crippen molar-refractivity contribution in [3.05, 3.63) is 11.9 Å². The number of aryl methyl sites for hydroxylation is 1. The second kappa shape index (κ2) is 7.28. The second-order valence-electron chi connectivity index (χ2n) is 4.92. The van der Waals surface area contributed by atoms with E-state index in [0.29, 0.717) is 6.10 Å². The minimum absolute atomic E-state index is 0.414. The zero-order chi connectivity index (χ0) is 13.5. The molecule has 19 heavy (non-hydrogen) atoms. The molecule has 1 atom stereocenters. The Bertz CT molecular complexity index is 391. The Morgan fingerprint density at radius 1 is 1.26 bits per heavy atom. The molecular formula is C14H24N4O. The van der Waals surface area contributed by atoms with Gasteiger partial charge in [0, 0.05) is 25.8 Å². The van der Waals surface area contributed by atoms with Crippen LogP contribution in [0.2, 0.25) is 0 Å². The smallest absolute Gasteiger partial charge is 0.131 e. The number of aromatic nitrogens is 2. The molecule has 5 heteroatoms. The molecule has 0 spiro atoms. The first-order valence-electron chi connectivity index (χ1n) is 7.23. The molecule has 0 saturated carbocycles. The van der Waals surface area contributed by atoms with Crippen LogP contribution >= 0.6 is 0 Å². The van der Waals surface area contributed by atoms with Crippen molar-refractivity contribution >= 4 is 11.6 Å². The minimum atomic E-state index is 0.414. The summed E-state index contributed by atoms with van der Waals surface area (Å²) in [5, 5.41) is 6.57. The Morgan fingerprint density at radius 2 is 2.05 bits per heavy atom. The van der Waals surface area contributed by atoms with Gasteiger partial charge in [-0.1, -0.05) is 0 Å². The molecule has 1 saturated heterocycles. The first-order valence-corrected chi connectivity index (χ1v) is 7.23. The number of hydrogen-bond donors (Lipinski definition) is 2. The molecule has 1 unspecified atom stereocenters. The lowest BCUT2D eigenvalue weighted by atomic mass is 10.1. The fraction of sp³-hybridized carbons (Fsp3) is 0.714. The number of anilines is 2. The summed E-state index contributed by atoms with van der Waals surface area (Å²) in [7, 11) is 0. The molecular weight excluding hydrogens is 240 g/mol. The molecule has 1 fully saturated rings. The standard InChI is InChI=1S/C14H24N4O/c1-3-15-13-10-14(18-11(2)17-13)16-8-7-12-6-4-5-9-19-12/h10,12H,3-9H2,1-2H3,(H2,15,16,17,18). The van der Waals surface area contributed by atoms with Crippen molar-refractivity contribution in [1.82, 2.24) is 9.97 Å². The van der Waals surface area contributed by atoms with Crippen LogP contribution in [-0.2, 0) is 4.74 Å². The fourth-order valence-electron chi connectivity index (χ4n) is 2.33. The van der Waals surface area contributed by atoms with Crippen molar-refractivity contribution in [3.63, 3.8) is 0 Å². The molecule has 0 amide bonds. The summed E-state index contributed by atoms with van der Waals surface area (Å²) in [4.78, 5) is 8.73. The van der Waals surface area contributed by atoms with Gasteiger partial charge in [0.25, 0.3) is 0 Å². The molecule has 0 aliphatic carbocycles. The van der Waals surface area contributed by atoms with Gasteiger partial charge in [0.15, 0.2) is 0 Å². The molecule has 1 aliphatic heterocycles. The van der Waals surface area contributed by atoms with E-state index in [1.807, 2.05) is 13.0 Å². The highest BCUT2D eigenvalue weighted by atomic mass is 16.5. The zero-order valence-electron chi connectivity index (χ0n) is 11.9. The van der Waals surface area contributed by atoms with Crippen LogP contribution in [0.15, 0.2) is 6.07 Å². The van der Waals surface area contributed by atoms with Crippen molar-refractivity contribution in [2.24, 2.45) is 0 Å². The number of rotatable bonds is 6. The molecule has 0 aromatic carbocycles. The molecule has 2 N–H and O–H groups in total. The summed E-state index contributed by atoms with van der Waals surface area (Å²) in [5.41, 5.74) is 0. The first kappa shape index (κ1) is 14.1. The Morgan fingerprint density at radius 3 is 2.74 bits per heavy atom. The van der Waals surface area contributed by atoms with E-state index in [0.717, 1.165) is 43.6 Å². The average molecular weight is 264 g/mol. The van der Waals surface area contributed by atoms with E-state index < -0.39 is 0 Å². The SMILES string of the molecule is CCNc1cc(NCCC2CCCCO2)nc(C)n1. The summed E-state index contributed by atoms with van der Waals surface area (Å²) in [6.45, 7) is 6.65. The lowest BCUT2D eigenvalue weighted by Crippen LogP contribution is -2.22. The van der Waals surface area contributed by atoms with E-state index in [1.54, 1.807) is 0 Å². The molecule has 0 bridgehead atoms. The maximum absolute atomic E-state index is 5.72. The Hall–Kier alpha value is -1.36. The third kappa shape index (κ3) is 4.67. The van der Waals surface area contributed by atoms with E-state index in [1.165, 1.54) is 19.3 Å². The van der Waals surface area contributed by atoms with Crippen molar-refractivity contribution in [1.29, 1.82) is 0 Å². The fourth-order valence-corrected chi connectivity index (χ4v) is 2.33. The highest BCUT2D eigenvalue weighted by Crippen LogP contribution is 2.16.